The summed E-state index contributed by atoms with van der Waals surface area (Å²) in [5.74, 6) is -1.94. The van der Waals surface area contributed by atoms with Gasteiger partial charge in [0.15, 0.2) is 0 Å². The first-order chi connectivity index (χ1) is 3.18. The first-order valence-electron chi connectivity index (χ1n) is 2.00. The van der Waals surface area contributed by atoms with E-state index in [1.165, 1.54) is 6.92 Å². The first kappa shape index (κ1) is 11.8. The van der Waals surface area contributed by atoms with E-state index in [4.69, 9.17) is 5.11 Å². The van der Waals surface area contributed by atoms with E-state index in [9.17, 15) is 9.90 Å². The number of carboxylic acid groups (broad SMARTS) is 1. The van der Waals surface area contributed by atoms with E-state index < -0.39 is 11.9 Å². The fourth-order valence-corrected chi connectivity index (χ4v) is 0.0745. The van der Waals surface area contributed by atoms with Crippen molar-refractivity contribution in [3.8, 4) is 0 Å². The van der Waals surface area contributed by atoms with Gasteiger partial charge in [-0.1, -0.05) is 6.92 Å². The Morgan fingerprint density at radius 1 is 1.88 bits per heavy atom. The largest absolute Gasteiger partial charge is 1.00 e. The average Bonchev–Trinajstić information content (AvgIpc) is 1.65. The first-order valence-corrected chi connectivity index (χ1v) is 2.00. The van der Waals surface area contributed by atoms with E-state index >= 15 is 0 Å². The number of carbonyl (C=O) groups is 1. The molecule has 1 N–H and O–H groups in total. The van der Waals surface area contributed by atoms with Crippen molar-refractivity contribution in [1.82, 2.24) is 0 Å². The molecular weight excluding hydrogens is 135 g/mol. The maximum atomic E-state index is 9.66. The van der Waals surface area contributed by atoms with Crippen molar-refractivity contribution < 1.29 is 66.4 Å². The molecule has 0 aromatic heterocycles. The summed E-state index contributed by atoms with van der Waals surface area (Å²) in [5, 5.41) is 17.7. The number of hydrogen-bond acceptors (Lipinski definition) is 3. The van der Waals surface area contributed by atoms with Gasteiger partial charge in [-0.2, -0.15) is 0 Å². The molecule has 0 aliphatic rings. The number of carbonyl (C=O) groups excluding carboxylic acids is 1. The van der Waals surface area contributed by atoms with Gasteiger partial charge in [0.2, 0.25) is 0 Å². The summed E-state index contributed by atoms with van der Waals surface area (Å²) in [5.41, 5.74) is 0. The number of carboxylic acids is 1. The van der Waals surface area contributed by atoms with Crippen LogP contribution in [-0.4, -0.2) is 17.7 Å². The van der Waals surface area contributed by atoms with Crippen LogP contribution in [0, 0.1) is 5.92 Å². The van der Waals surface area contributed by atoms with E-state index in [1.54, 1.807) is 0 Å². The maximum absolute atomic E-state index is 9.66. The SMILES string of the molecule is C[C@@H](CO)C(=O)[O-].[K+]. The van der Waals surface area contributed by atoms with Crippen molar-refractivity contribution in [3.63, 3.8) is 0 Å². The van der Waals surface area contributed by atoms with Crippen LogP contribution in [0.15, 0.2) is 0 Å². The molecular formula is C4H7KO3. The van der Waals surface area contributed by atoms with Gasteiger partial charge in [-0.15, -0.1) is 0 Å². The maximum Gasteiger partial charge on any atom is 1.00 e. The molecule has 0 saturated heterocycles. The molecule has 0 aromatic rings. The molecule has 0 amide bonds. The molecule has 0 saturated carbocycles. The average molecular weight is 142 g/mol. The standard InChI is InChI=1S/C4H8O3.K/c1-3(2-5)4(6)7;/h3,5H,2H2,1H3,(H,6,7);/q;+1/p-1/t3-;/m0./s1. The van der Waals surface area contributed by atoms with Gasteiger partial charge in [-0.25, -0.2) is 0 Å². The molecule has 0 aliphatic carbocycles. The van der Waals surface area contributed by atoms with Gasteiger partial charge in [-0.3, -0.25) is 0 Å². The van der Waals surface area contributed by atoms with Gasteiger partial charge in [0, 0.05) is 11.9 Å². The molecule has 0 aliphatic heterocycles. The van der Waals surface area contributed by atoms with Crippen molar-refractivity contribution in [3.05, 3.63) is 0 Å². The molecule has 0 bridgehead atoms. The molecule has 3 nitrogen and oxygen atoms in total. The van der Waals surface area contributed by atoms with E-state index in [1.807, 2.05) is 0 Å². The number of aliphatic carboxylic acids is 1. The van der Waals surface area contributed by atoms with Crippen molar-refractivity contribution >= 4 is 5.97 Å². The minimum absolute atomic E-state index is 0. The molecule has 0 rings (SSSR count). The van der Waals surface area contributed by atoms with Crippen LogP contribution in [0.1, 0.15) is 6.92 Å². The zero-order chi connectivity index (χ0) is 5.86. The van der Waals surface area contributed by atoms with Crippen molar-refractivity contribution in [2.24, 2.45) is 5.92 Å². The minimum atomic E-state index is -1.21. The summed E-state index contributed by atoms with van der Waals surface area (Å²) in [7, 11) is 0. The Bertz CT molecular complexity index is 73.7. The Morgan fingerprint density at radius 3 is 2.25 bits per heavy atom. The summed E-state index contributed by atoms with van der Waals surface area (Å²) in [6.45, 7) is 1.04. The van der Waals surface area contributed by atoms with Crippen LogP contribution >= 0.6 is 0 Å². The number of rotatable bonds is 2. The van der Waals surface area contributed by atoms with Crippen LogP contribution in [0.25, 0.3) is 0 Å². The third kappa shape index (κ3) is 5.21. The molecule has 1 atom stereocenters. The van der Waals surface area contributed by atoms with E-state index in [-0.39, 0.29) is 58.0 Å². The van der Waals surface area contributed by atoms with E-state index in [0.717, 1.165) is 0 Å². The van der Waals surface area contributed by atoms with Gasteiger partial charge in [-0.05, 0) is 0 Å². The van der Waals surface area contributed by atoms with Crippen LogP contribution in [-0.2, 0) is 4.79 Å². The Kier molecular flexibility index (Phi) is 9.14. The second kappa shape index (κ2) is 6.19. The Labute approximate surface area is 90.5 Å². The van der Waals surface area contributed by atoms with Crippen LogP contribution in [0.3, 0.4) is 0 Å². The zero-order valence-corrected chi connectivity index (χ0v) is 8.17. The summed E-state index contributed by atoms with van der Waals surface area (Å²) in [4.78, 5) is 9.66. The van der Waals surface area contributed by atoms with Crippen molar-refractivity contribution in [1.29, 1.82) is 0 Å². The summed E-state index contributed by atoms with van der Waals surface area (Å²) in [6, 6.07) is 0. The van der Waals surface area contributed by atoms with Gasteiger partial charge >= 0.3 is 51.4 Å². The smallest absolute Gasteiger partial charge is 0.550 e. The third-order valence-corrected chi connectivity index (χ3v) is 0.676. The Morgan fingerprint density at radius 2 is 2.25 bits per heavy atom. The quantitative estimate of drug-likeness (QED) is 0.394. The summed E-state index contributed by atoms with van der Waals surface area (Å²) in [6.07, 6.45) is 0. The Hall–Kier alpha value is 1.07. The summed E-state index contributed by atoms with van der Waals surface area (Å²) >= 11 is 0. The van der Waals surface area contributed by atoms with Gasteiger partial charge in [0.25, 0.3) is 0 Å². The predicted molar refractivity (Wildman–Crippen MR) is 21.3 cm³/mol. The van der Waals surface area contributed by atoms with E-state index in [0.29, 0.717) is 0 Å². The van der Waals surface area contributed by atoms with Crippen LogP contribution < -0.4 is 56.5 Å². The van der Waals surface area contributed by atoms with Crippen molar-refractivity contribution in [2.45, 2.75) is 6.92 Å². The second-order valence-electron chi connectivity index (χ2n) is 1.40. The number of aliphatic hydroxyl groups excluding tert-OH is 1. The predicted octanol–water partition coefficient (Wildman–Crippen LogP) is -4.63. The molecule has 8 heavy (non-hydrogen) atoms. The normalized spacial score (nSPS) is 11.8. The van der Waals surface area contributed by atoms with Crippen LogP contribution in [0.2, 0.25) is 0 Å². The molecule has 0 aromatic carbocycles. The monoisotopic (exact) mass is 142 g/mol. The number of hydrogen-bond donors (Lipinski definition) is 1. The fraction of sp³-hybridized carbons (Fsp3) is 0.750. The topological polar surface area (TPSA) is 60.4 Å². The molecule has 0 fully saturated rings. The molecule has 0 heterocycles. The van der Waals surface area contributed by atoms with Gasteiger partial charge < -0.3 is 15.0 Å². The molecule has 0 radical (unpaired) electrons. The minimum Gasteiger partial charge on any atom is -0.550 e. The molecule has 42 valence electrons. The molecule has 0 spiro atoms. The van der Waals surface area contributed by atoms with Crippen LogP contribution in [0.4, 0.5) is 0 Å². The number of aliphatic hydroxyl groups is 1. The van der Waals surface area contributed by atoms with Crippen molar-refractivity contribution in [2.75, 3.05) is 6.61 Å². The zero-order valence-electron chi connectivity index (χ0n) is 5.05. The van der Waals surface area contributed by atoms with Gasteiger partial charge in [0.1, 0.15) is 0 Å². The Balaban J connectivity index is 0. The van der Waals surface area contributed by atoms with Gasteiger partial charge in [0.05, 0.1) is 6.61 Å². The third-order valence-electron chi connectivity index (χ3n) is 0.676. The molecule has 4 heteroatoms. The summed E-state index contributed by atoms with van der Waals surface area (Å²) < 4.78 is 0. The fourth-order valence-electron chi connectivity index (χ4n) is 0.0745. The molecule has 0 unspecified atom stereocenters. The van der Waals surface area contributed by atoms with E-state index in [2.05, 4.69) is 0 Å². The second-order valence-corrected chi connectivity index (χ2v) is 1.40. The van der Waals surface area contributed by atoms with Crippen LogP contribution in [0.5, 0.6) is 0 Å².